The first-order valence-electron chi connectivity index (χ1n) is 10.3. The molecule has 4 rings (SSSR count). The lowest BCUT2D eigenvalue weighted by Crippen LogP contribution is -2.30. The summed E-state index contributed by atoms with van der Waals surface area (Å²) in [5, 5.41) is 3.08. The summed E-state index contributed by atoms with van der Waals surface area (Å²) < 4.78 is 46.6. The molecule has 1 amide bonds. The van der Waals surface area contributed by atoms with Crippen LogP contribution in [0.3, 0.4) is 0 Å². The molecule has 9 heteroatoms. The zero-order valence-corrected chi connectivity index (χ0v) is 17.6. The van der Waals surface area contributed by atoms with Crippen LogP contribution in [0.5, 0.6) is 5.75 Å². The standard InChI is InChI=1S/C22H25F3N4O2/c1-11(14-5-4-6-15(20(14)23)21(24)25)27-22-19(7-26-12(2)28-22)31-10-18-16-8-29(13(3)30)9-17(16)18/h4-7,11,16-18,21H,8-10H2,1-3H3,(H,26,27,28)/t11-,16-,17+,18+/m1/s1. The number of anilines is 1. The number of hydrogen-bond acceptors (Lipinski definition) is 5. The Morgan fingerprint density at radius 1 is 1.29 bits per heavy atom. The number of aromatic nitrogens is 2. The molecule has 2 fully saturated rings. The molecular weight excluding hydrogens is 409 g/mol. The molecule has 6 nitrogen and oxygen atoms in total. The van der Waals surface area contributed by atoms with Gasteiger partial charge in [-0.1, -0.05) is 18.2 Å². The van der Waals surface area contributed by atoms with Gasteiger partial charge in [0.15, 0.2) is 11.6 Å². The Balaban J connectivity index is 1.44. The number of amides is 1. The maximum atomic E-state index is 14.5. The van der Waals surface area contributed by atoms with Gasteiger partial charge in [0, 0.05) is 31.5 Å². The van der Waals surface area contributed by atoms with Crippen molar-refractivity contribution in [2.24, 2.45) is 17.8 Å². The van der Waals surface area contributed by atoms with Gasteiger partial charge in [0.1, 0.15) is 11.6 Å². The Kier molecular flexibility index (Phi) is 5.77. The Hall–Kier alpha value is -2.84. The fraction of sp³-hybridized carbons (Fsp3) is 0.500. The van der Waals surface area contributed by atoms with Crippen LogP contribution in [-0.2, 0) is 4.79 Å². The van der Waals surface area contributed by atoms with E-state index >= 15 is 0 Å². The summed E-state index contributed by atoms with van der Waals surface area (Å²) in [6.45, 7) is 6.99. The van der Waals surface area contributed by atoms with E-state index in [-0.39, 0.29) is 11.5 Å². The van der Waals surface area contributed by atoms with Crippen molar-refractivity contribution in [3.05, 3.63) is 47.2 Å². The van der Waals surface area contributed by atoms with Gasteiger partial charge in [0.05, 0.1) is 24.4 Å². The number of alkyl halides is 2. The van der Waals surface area contributed by atoms with Crippen LogP contribution in [0.25, 0.3) is 0 Å². The van der Waals surface area contributed by atoms with Crippen molar-refractivity contribution >= 4 is 11.7 Å². The largest absolute Gasteiger partial charge is 0.488 e. The fourth-order valence-electron chi connectivity index (χ4n) is 4.36. The number of carbonyl (C=O) groups excluding carboxylic acids is 1. The molecular formula is C22H25F3N4O2. The molecule has 1 aliphatic carbocycles. The molecule has 1 N–H and O–H groups in total. The minimum Gasteiger partial charge on any atom is -0.488 e. The van der Waals surface area contributed by atoms with E-state index < -0.39 is 23.8 Å². The number of ether oxygens (including phenoxy) is 1. The number of fused-ring (bicyclic) bond motifs is 1. The molecule has 2 aliphatic rings. The molecule has 31 heavy (non-hydrogen) atoms. The number of hydrogen-bond donors (Lipinski definition) is 1. The quantitative estimate of drug-likeness (QED) is 0.710. The monoisotopic (exact) mass is 434 g/mol. The number of likely N-dealkylation sites (tertiary alicyclic amines) is 1. The van der Waals surface area contributed by atoms with Gasteiger partial charge in [-0.15, -0.1) is 0 Å². The Morgan fingerprint density at radius 2 is 1.97 bits per heavy atom. The summed E-state index contributed by atoms with van der Waals surface area (Å²) in [6.07, 6.45) is -1.33. The summed E-state index contributed by atoms with van der Waals surface area (Å²) in [4.78, 5) is 21.9. The summed E-state index contributed by atoms with van der Waals surface area (Å²) in [7, 11) is 0. The second kappa shape index (κ2) is 8.36. The summed E-state index contributed by atoms with van der Waals surface area (Å²) in [6, 6.07) is 3.36. The van der Waals surface area contributed by atoms with Crippen LogP contribution in [0.15, 0.2) is 24.4 Å². The van der Waals surface area contributed by atoms with Gasteiger partial charge in [0.2, 0.25) is 5.91 Å². The molecule has 1 aromatic heterocycles. The third-order valence-corrected chi connectivity index (χ3v) is 6.24. The zero-order chi connectivity index (χ0) is 22.3. The molecule has 1 saturated heterocycles. The summed E-state index contributed by atoms with van der Waals surface area (Å²) in [5.41, 5.74) is -0.498. The number of aryl methyl sites for hydroxylation is 1. The predicted octanol–water partition coefficient (Wildman–Crippen LogP) is 4.14. The lowest BCUT2D eigenvalue weighted by Gasteiger charge is -2.20. The highest BCUT2D eigenvalue weighted by molar-refractivity contribution is 5.73. The fourth-order valence-corrected chi connectivity index (χ4v) is 4.36. The number of nitrogens with one attached hydrogen (secondary N) is 1. The van der Waals surface area contributed by atoms with E-state index in [9.17, 15) is 18.0 Å². The third-order valence-electron chi connectivity index (χ3n) is 6.24. The maximum absolute atomic E-state index is 14.5. The lowest BCUT2D eigenvalue weighted by molar-refractivity contribution is -0.128. The molecule has 0 unspecified atom stereocenters. The molecule has 1 aromatic carbocycles. The molecule has 2 aromatic rings. The number of nitrogens with zero attached hydrogens (tertiary/aromatic N) is 3. The van der Waals surface area contributed by atoms with Gasteiger partial charge in [-0.3, -0.25) is 4.79 Å². The number of benzene rings is 1. The lowest BCUT2D eigenvalue weighted by atomic mass is 10.0. The van der Waals surface area contributed by atoms with Crippen molar-refractivity contribution in [1.29, 1.82) is 0 Å². The number of halogens is 3. The SMILES string of the molecule is CC(=O)N1C[C@@H]2[C@@H](COc3cnc(C)nc3N[C@H](C)c3cccc(C(F)F)c3F)[C@@H]2C1. The topological polar surface area (TPSA) is 67.4 Å². The summed E-state index contributed by atoms with van der Waals surface area (Å²) >= 11 is 0. The van der Waals surface area contributed by atoms with Crippen molar-refractivity contribution in [1.82, 2.24) is 14.9 Å². The van der Waals surface area contributed by atoms with E-state index in [0.717, 1.165) is 19.2 Å². The van der Waals surface area contributed by atoms with E-state index in [1.807, 2.05) is 4.90 Å². The van der Waals surface area contributed by atoms with E-state index in [4.69, 9.17) is 4.74 Å². The predicted molar refractivity (Wildman–Crippen MR) is 108 cm³/mol. The van der Waals surface area contributed by atoms with Crippen molar-refractivity contribution < 1.29 is 22.7 Å². The molecule has 166 valence electrons. The second-order valence-corrected chi connectivity index (χ2v) is 8.27. The van der Waals surface area contributed by atoms with Crippen LogP contribution in [0.2, 0.25) is 0 Å². The second-order valence-electron chi connectivity index (χ2n) is 8.27. The molecule has 4 atom stereocenters. The molecule has 2 heterocycles. The normalized spacial score (nSPS) is 22.9. The Bertz CT molecular complexity index is 975. The van der Waals surface area contributed by atoms with E-state index in [2.05, 4.69) is 15.3 Å². The smallest absolute Gasteiger partial charge is 0.266 e. The van der Waals surface area contributed by atoms with Gasteiger partial charge >= 0.3 is 0 Å². The average Bonchev–Trinajstić information content (AvgIpc) is 3.15. The van der Waals surface area contributed by atoms with Gasteiger partial charge in [-0.05, 0) is 25.7 Å². The van der Waals surface area contributed by atoms with E-state index in [1.54, 1.807) is 27.0 Å². The highest BCUT2D eigenvalue weighted by Crippen LogP contribution is 2.51. The van der Waals surface area contributed by atoms with Crippen molar-refractivity contribution in [3.63, 3.8) is 0 Å². The molecule has 0 spiro atoms. The van der Waals surface area contributed by atoms with Crippen molar-refractivity contribution in [2.75, 3.05) is 25.0 Å². The highest BCUT2D eigenvalue weighted by atomic mass is 19.3. The molecule has 0 bridgehead atoms. The van der Waals surface area contributed by atoms with E-state index in [0.29, 0.717) is 41.8 Å². The van der Waals surface area contributed by atoms with Crippen LogP contribution in [-0.4, -0.2) is 40.5 Å². The van der Waals surface area contributed by atoms with Crippen molar-refractivity contribution in [3.8, 4) is 5.75 Å². The van der Waals surface area contributed by atoms with Crippen molar-refractivity contribution in [2.45, 2.75) is 33.2 Å². The van der Waals surface area contributed by atoms with Gasteiger partial charge < -0.3 is 15.0 Å². The van der Waals surface area contributed by atoms with Crippen LogP contribution in [0, 0.1) is 30.5 Å². The number of piperidine rings is 1. The summed E-state index contributed by atoms with van der Waals surface area (Å²) in [5.74, 6) is 1.78. The molecule has 0 radical (unpaired) electrons. The molecule has 1 aliphatic heterocycles. The zero-order valence-electron chi connectivity index (χ0n) is 17.6. The van der Waals surface area contributed by atoms with Crippen LogP contribution < -0.4 is 10.1 Å². The van der Waals surface area contributed by atoms with Crippen LogP contribution in [0.4, 0.5) is 19.0 Å². The van der Waals surface area contributed by atoms with Crippen LogP contribution in [0.1, 0.15) is 43.3 Å². The minimum atomic E-state index is -2.88. The first-order chi connectivity index (χ1) is 14.8. The first-order valence-corrected chi connectivity index (χ1v) is 10.3. The Morgan fingerprint density at radius 3 is 2.61 bits per heavy atom. The van der Waals surface area contributed by atoms with Gasteiger partial charge in [-0.2, -0.15) is 0 Å². The van der Waals surface area contributed by atoms with Gasteiger partial charge in [0.25, 0.3) is 6.43 Å². The molecule has 1 saturated carbocycles. The third kappa shape index (κ3) is 4.31. The first kappa shape index (κ1) is 21.4. The number of rotatable bonds is 7. The number of carbonyl (C=O) groups is 1. The highest BCUT2D eigenvalue weighted by Gasteiger charge is 2.56. The minimum absolute atomic E-state index is 0.0995. The average molecular weight is 434 g/mol. The Labute approximate surface area is 178 Å². The van der Waals surface area contributed by atoms with Gasteiger partial charge in [-0.25, -0.2) is 23.1 Å². The maximum Gasteiger partial charge on any atom is 0.266 e. The van der Waals surface area contributed by atoms with Crippen LogP contribution >= 0.6 is 0 Å². The van der Waals surface area contributed by atoms with E-state index in [1.165, 1.54) is 12.1 Å².